The molecule has 0 aliphatic rings. The zero-order valence-corrected chi connectivity index (χ0v) is 19.1. The Hall–Kier alpha value is -2.29. The van der Waals surface area contributed by atoms with Crippen LogP contribution in [0.4, 0.5) is 0 Å². The molecule has 0 atom stereocenters. The van der Waals surface area contributed by atoms with Gasteiger partial charge >= 0.3 is 0 Å². The van der Waals surface area contributed by atoms with Gasteiger partial charge in [0, 0.05) is 6.54 Å². The van der Waals surface area contributed by atoms with Gasteiger partial charge in [-0.15, -0.1) is 4.40 Å². The van der Waals surface area contributed by atoms with Crippen LogP contribution in [-0.2, 0) is 10.0 Å². The highest BCUT2D eigenvalue weighted by Gasteiger charge is 2.14. The SMILES string of the molecule is CCCCCCCCCCN=C(N)N/C(N)=N/S(=O)(=O)c1ccc(OCCC)cc1. The molecule has 0 fully saturated rings. The number of guanidine groups is 2. The first kappa shape index (κ1) is 25.7. The van der Waals surface area contributed by atoms with E-state index < -0.39 is 10.0 Å². The molecule has 0 unspecified atom stereocenters. The lowest BCUT2D eigenvalue weighted by Crippen LogP contribution is -2.42. The summed E-state index contributed by atoms with van der Waals surface area (Å²) < 4.78 is 33.7. The number of rotatable bonds is 14. The van der Waals surface area contributed by atoms with Crippen LogP contribution in [0.1, 0.15) is 71.6 Å². The molecule has 0 saturated heterocycles. The number of nitrogens with zero attached hydrogens (tertiary/aromatic N) is 2. The number of nitrogens with two attached hydrogens (primary N) is 2. The molecule has 1 aromatic carbocycles. The predicted molar refractivity (Wildman–Crippen MR) is 123 cm³/mol. The van der Waals surface area contributed by atoms with Crippen LogP contribution >= 0.6 is 0 Å². The minimum absolute atomic E-state index is 0.0190. The van der Waals surface area contributed by atoms with Gasteiger partial charge in [0.1, 0.15) is 5.75 Å². The number of hydrogen-bond donors (Lipinski definition) is 3. The second kappa shape index (κ2) is 14.7. The number of nitrogens with one attached hydrogen (secondary N) is 1. The van der Waals surface area contributed by atoms with Gasteiger partial charge in [-0.2, -0.15) is 8.42 Å². The van der Waals surface area contributed by atoms with E-state index in [0.717, 1.165) is 19.3 Å². The first-order valence-corrected chi connectivity index (χ1v) is 12.2. The number of sulfonamides is 1. The van der Waals surface area contributed by atoms with Crippen molar-refractivity contribution in [2.75, 3.05) is 13.2 Å². The van der Waals surface area contributed by atoms with E-state index in [1.807, 2.05) is 6.92 Å². The van der Waals surface area contributed by atoms with Gasteiger partial charge in [-0.05, 0) is 37.1 Å². The average Bonchev–Trinajstić information content (AvgIpc) is 2.70. The van der Waals surface area contributed by atoms with Crippen molar-refractivity contribution in [3.8, 4) is 5.75 Å². The number of ether oxygens (including phenoxy) is 1. The Kier molecular flexibility index (Phi) is 12.6. The predicted octanol–water partition coefficient (Wildman–Crippen LogP) is 3.52. The molecule has 0 amide bonds. The van der Waals surface area contributed by atoms with E-state index in [4.69, 9.17) is 16.2 Å². The third kappa shape index (κ3) is 11.0. The Bertz CT molecular complexity index is 761. The topological polar surface area (TPSA) is 132 Å². The van der Waals surface area contributed by atoms with Crippen LogP contribution in [-0.4, -0.2) is 33.5 Å². The molecule has 0 radical (unpaired) electrons. The van der Waals surface area contributed by atoms with Gasteiger partial charge in [-0.25, -0.2) is 0 Å². The molecule has 0 saturated carbocycles. The monoisotopic (exact) mass is 439 g/mol. The van der Waals surface area contributed by atoms with Crippen LogP contribution in [0.25, 0.3) is 0 Å². The molecule has 0 aromatic heterocycles. The third-order valence-corrected chi connectivity index (χ3v) is 5.67. The molecule has 0 aliphatic heterocycles. The first-order valence-electron chi connectivity index (χ1n) is 10.8. The Morgan fingerprint density at radius 3 is 2.10 bits per heavy atom. The Balaban J connectivity index is 2.43. The molecule has 0 aliphatic carbocycles. The smallest absolute Gasteiger partial charge is 0.285 e. The number of benzene rings is 1. The van der Waals surface area contributed by atoms with Crippen LogP contribution in [0.2, 0.25) is 0 Å². The van der Waals surface area contributed by atoms with Crippen molar-refractivity contribution in [3.63, 3.8) is 0 Å². The maximum absolute atomic E-state index is 12.3. The summed E-state index contributed by atoms with van der Waals surface area (Å²) >= 11 is 0. The molecule has 1 rings (SSSR count). The summed E-state index contributed by atoms with van der Waals surface area (Å²) in [6, 6.07) is 6.02. The van der Waals surface area contributed by atoms with Crippen molar-refractivity contribution in [2.45, 2.75) is 76.5 Å². The highest BCUT2D eigenvalue weighted by Crippen LogP contribution is 2.17. The van der Waals surface area contributed by atoms with E-state index >= 15 is 0 Å². The summed E-state index contributed by atoms with van der Waals surface area (Å²) in [4.78, 5) is 4.18. The van der Waals surface area contributed by atoms with E-state index in [0.29, 0.717) is 18.9 Å². The normalized spacial score (nSPS) is 12.7. The van der Waals surface area contributed by atoms with Gasteiger partial charge in [-0.3, -0.25) is 10.3 Å². The van der Waals surface area contributed by atoms with Gasteiger partial charge in [0.25, 0.3) is 10.0 Å². The lowest BCUT2D eigenvalue weighted by atomic mass is 10.1. The summed E-state index contributed by atoms with van der Waals surface area (Å²) in [5, 5.41) is 2.52. The first-order chi connectivity index (χ1) is 14.4. The molecule has 0 bridgehead atoms. The number of unbranched alkanes of at least 4 members (excludes halogenated alkanes) is 7. The van der Waals surface area contributed by atoms with Crippen molar-refractivity contribution in [1.82, 2.24) is 5.32 Å². The summed E-state index contributed by atoms with van der Waals surface area (Å²) in [5.41, 5.74) is 11.4. The summed E-state index contributed by atoms with van der Waals surface area (Å²) in [6.07, 6.45) is 10.5. The number of aliphatic imine (C=N–C) groups is 1. The Labute approximate surface area is 181 Å². The minimum atomic E-state index is -3.95. The standard InChI is InChI=1S/C21H37N5O3S/c1-3-5-6-7-8-9-10-11-16-24-20(22)25-21(23)26-30(27,28)19-14-12-18(13-15-19)29-17-4-2/h12-15H,3-11,16-17H2,1-2H3,(H5,22,23,24,25,26). The van der Waals surface area contributed by atoms with Crippen LogP contribution in [0.3, 0.4) is 0 Å². The van der Waals surface area contributed by atoms with E-state index in [2.05, 4.69) is 21.6 Å². The number of hydrogen-bond acceptors (Lipinski definition) is 4. The maximum atomic E-state index is 12.3. The lowest BCUT2D eigenvalue weighted by Gasteiger charge is -2.07. The highest BCUT2D eigenvalue weighted by atomic mass is 32.2. The molecule has 170 valence electrons. The van der Waals surface area contributed by atoms with Gasteiger partial charge in [0.05, 0.1) is 11.5 Å². The molecule has 1 aromatic rings. The molecular weight excluding hydrogens is 402 g/mol. The fourth-order valence-corrected chi connectivity index (χ4v) is 3.64. The summed E-state index contributed by atoms with van der Waals surface area (Å²) in [5.74, 6) is 0.333. The maximum Gasteiger partial charge on any atom is 0.285 e. The van der Waals surface area contributed by atoms with Crippen molar-refractivity contribution in [1.29, 1.82) is 0 Å². The summed E-state index contributed by atoms with van der Waals surface area (Å²) in [6.45, 7) is 5.34. The molecule has 30 heavy (non-hydrogen) atoms. The highest BCUT2D eigenvalue weighted by molar-refractivity contribution is 7.90. The van der Waals surface area contributed by atoms with Crippen LogP contribution in [0.5, 0.6) is 5.75 Å². The summed E-state index contributed by atoms with van der Waals surface area (Å²) in [7, 11) is -3.95. The molecule has 0 spiro atoms. The lowest BCUT2D eigenvalue weighted by molar-refractivity contribution is 0.317. The average molecular weight is 440 g/mol. The molecule has 0 heterocycles. The largest absolute Gasteiger partial charge is 0.494 e. The quantitative estimate of drug-likeness (QED) is 0.231. The molecular formula is C21H37N5O3S. The van der Waals surface area contributed by atoms with E-state index in [-0.39, 0.29) is 16.8 Å². The van der Waals surface area contributed by atoms with Crippen molar-refractivity contribution < 1.29 is 13.2 Å². The third-order valence-electron chi connectivity index (χ3n) is 4.36. The van der Waals surface area contributed by atoms with Crippen LogP contribution in [0.15, 0.2) is 38.6 Å². The van der Waals surface area contributed by atoms with Crippen molar-refractivity contribution in [2.24, 2.45) is 20.9 Å². The van der Waals surface area contributed by atoms with Crippen LogP contribution in [0, 0.1) is 0 Å². The zero-order valence-electron chi connectivity index (χ0n) is 18.3. The van der Waals surface area contributed by atoms with Gasteiger partial charge in [-0.1, -0.05) is 58.8 Å². The van der Waals surface area contributed by atoms with Gasteiger partial charge in [0.15, 0.2) is 5.96 Å². The van der Waals surface area contributed by atoms with E-state index in [1.165, 1.54) is 50.7 Å². The molecule has 8 nitrogen and oxygen atoms in total. The minimum Gasteiger partial charge on any atom is -0.494 e. The fourth-order valence-electron chi connectivity index (χ4n) is 2.75. The second-order valence-corrected chi connectivity index (χ2v) is 8.74. The van der Waals surface area contributed by atoms with E-state index in [1.54, 1.807) is 12.1 Å². The Morgan fingerprint density at radius 2 is 1.50 bits per heavy atom. The molecule has 9 heteroatoms. The van der Waals surface area contributed by atoms with Gasteiger partial charge < -0.3 is 16.2 Å². The molecule has 5 N–H and O–H groups in total. The van der Waals surface area contributed by atoms with Crippen molar-refractivity contribution >= 4 is 21.9 Å². The van der Waals surface area contributed by atoms with Crippen LogP contribution < -0.4 is 21.5 Å². The van der Waals surface area contributed by atoms with E-state index in [9.17, 15) is 8.42 Å². The Morgan fingerprint density at radius 1 is 0.900 bits per heavy atom. The second-order valence-electron chi connectivity index (χ2n) is 7.14. The fraction of sp³-hybridized carbons (Fsp3) is 0.619. The van der Waals surface area contributed by atoms with Crippen molar-refractivity contribution in [3.05, 3.63) is 24.3 Å². The zero-order chi connectivity index (χ0) is 22.2. The van der Waals surface area contributed by atoms with Gasteiger partial charge in [0.2, 0.25) is 5.96 Å².